The number of benzene rings is 1. The van der Waals surface area contributed by atoms with Gasteiger partial charge in [-0.25, -0.2) is 0 Å². The average Bonchev–Trinajstić information content (AvgIpc) is 2.88. The van der Waals surface area contributed by atoms with Gasteiger partial charge in [-0.3, -0.25) is 9.59 Å². The summed E-state index contributed by atoms with van der Waals surface area (Å²) < 4.78 is 38.0. The number of nitrogens with one attached hydrogen (secondary N) is 1. The Balaban J connectivity index is 2.05. The van der Waals surface area contributed by atoms with Gasteiger partial charge in [0.1, 0.15) is 0 Å². The topological polar surface area (TPSA) is 49.4 Å². The molecule has 2 amide bonds. The van der Waals surface area contributed by atoms with E-state index in [9.17, 15) is 22.8 Å². The van der Waals surface area contributed by atoms with Crippen molar-refractivity contribution in [3.63, 3.8) is 0 Å². The molecule has 4 nitrogen and oxygen atoms in total. The largest absolute Gasteiger partial charge is 0.416 e. The van der Waals surface area contributed by atoms with Gasteiger partial charge in [0.2, 0.25) is 11.8 Å². The van der Waals surface area contributed by atoms with Crippen molar-refractivity contribution in [1.29, 1.82) is 0 Å². The second kappa shape index (κ2) is 6.60. The van der Waals surface area contributed by atoms with E-state index >= 15 is 0 Å². The van der Waals surface area contributed by atoms with Gasteiger partial charge in [0.25, 0.3) is 0 Å². The lowest BCUT2D eigenvalue weighted by Gasteiger charge is -2.23. The molecule has 2 unspecified atom stereocenters. The van der Waals surface area contributed by atoms with Crippen LogP contribution >= 0.6 is 0 Å². The predicted molar refractivity (Wildman–Crippen MR) is 79.6 cm³/mol. The third kappa shape index (κ3) is 4.03. The number of alkyl halides is 3. The standard InChI is InChI=1S/C16H19F3N2O2/c1-3-10(2)21-9-11(7-14(21)22)15(23)20-13-6-4-5-12(8-13)16(17,18)19/h4-6,8,10-11H,3,7,9H2,1-2H3,(H,20,23). The monoisotopic (exact) mass is 328 g/mol. The summed E-state index contributed by atoms with van der Waals surface area (Å²) >= 11 is 0. The second-order valence-corrected chi connectivity index (χ2v) is 5.77. The fourth-order valence-corrected chi connectivity index (χ4v) is 2.57. The van der Waals surface area contributed by atoms with Crippen molar-refractivity contribution < 1.29 is 22.8 Å². The smallest absolute Gasteiger partial charge is 0.339 e. The summed E-state index contributed by atoms with van der Waals surface area (Å²) in [6, 6.07) is 4.52. The van der Waals surface area contributed by atoms with Crippen LogP contribution in [0.2, 0.25) is 0 Å². The number of hydrogen-bond acceptors (Lipinski definition) is 2. The van der Waals surface area contributed by atoms with E-state index in [-0.39, 0.29) is 24.1 Å². The highest BCUT2D eigenvalue weighted by Crippen LogP contribution is 2.31. The van der Waals surface area contributed by atoms with Crippen LogP contribution in [0.15, 0.2) is 24.3 Å². The molecular weight excluding hydrogens is 309 g/mol. The first-order valence-corrected chi connectivity index (χ1v) is 7.50. The first-order valence-electron chi connectivity index (χ1n) is 7.50. The molecule has 0 aromatic heterocycles. The lowest BCUT2D eigenvalue weighted by Crippen LogP contribution is -2.35. The van der Waals surface area contributed by atoms with Crippen LogP contribution < -0.4 is 5.32 Å². The van der Waals surface area contributed by atoms with E-state index in [0.29, 0.717) is 6.54 Å². The van der Waals surface area contributed by atoms with E-state index in [1.807, 2.05) is 13.8 Å². The first kappa shape index (κ1) is 17.3. The molecule has 0 aliphatic carbocycles. The summed E-state index contributed by atoms with van der Waals surface area (Å²) in [7, 11) is 0. The van der Waals surface area contributed by atoms with E-state index in [2.05, 4.69) is 5.32 Å². The molecule has 1 aromatic carbocycles. The minimum Gasteiger partial charge on any atom is -0.339 e. The van der Waals surface area contributed by atoms with Crippen molar-refractivity contribution in [2.24, 2.45) is 5.92 Å². The Hall–Kier alpha value is -2.05. The van der Waals surface area contributed by atoms with Crippen LogP contribution in [-0.4, -0.2) is 29.3 Å². The highest BCUT2D eigenvalue weighted by molar-refractivity contribution is 5.97. The van der Waals surface area contributed by atoms with Gasteiger partial charge in [-0.2, -0.15) is 13.2 Å². The zero-order valence-electron chi connectivity index (χ0n) is 13.0. The van der Waals surface area contributed by atoms with Crippen LogP contribution in [0.25, 0.3) is 0 Å². The van der Waals surface area contributed by atoms with Crippen molar-refractivity contribution in [1.82, 2.24) is 4.90 Å². The predicted octanol–water partition coefficient (Wildman–Crippen LogP) is 3.29. The number of hydrogen-bond donors (Lipinski definition) is 1. The number of amides is 2. The maximum Gasteiger partial charge on any atom is 0.416 e. The molecule has 0 radical (unpaired) electrons. The molecule has 7 heteroatoms. The summed E-state index contributed by atoms with van der Waals surface area (Å²) in [6.45, 7) is 4.16. The fourth-order valence-electron chi connectivity index (χ4n) is 2.57. The van der Waals surface area contributed by atoms with Crippen molar-refractivity contribution in [2.45, 2.75) is 38.9 Å². The molecule has 0 saturated carbocycles. The van der Waals surface area contributed by atoms with E-state index in [0.717, 1.165) is 18.6 Å². The SMILES string of the molecule is CCC(C)N1CC(C(=O)Nc2cccc(C(F)(F)F)c2)CC1=O. The number of rotatable bonds is 4. The molecule has 1 N–H and O–H groups in total. The zero-order chi connectivity index (χ0) is 17.2. The normalized spacial score (nSPS) is 19.8. The van der Waals surface area contributed by atoms with Gasteiger partial charge >= 0.3 is 6.18 Å². The van der Waals surface area contributed by atoms with Crippen LogP contribution in [0.4, 0.5) is 18.9 Å². The molecular formula is C16H19F3N2O2. The van der Waals surface area contributed by atoms with E-state index < -0.39 is 23.6 Å². The Morgan fingerprint density at radius 2 is 2.13 bits per heavy atom. The third-order valence-electron chi connectivity index (χ3n) is 4.11. The van der Waals surface area contributed by atoms with Crippen LogP contribution in [0.1, 0.15) is 32.3 Å². The highest BCUT2D eigenvalue weighted by Gasteiger charge is 2.36. The molecule has 1 aromatic rings. The first-order chi connectivity index (χ1) is 10.7. The van der Waals surface area contributed by atoms with Gasteiger partial charge < -0.3 is 10.2 Å². The molecule has 2 rings (SSSR count). The molecule has 1 heterocycles. The molecule has 1 aliphatic rings. The minimum atomic E-state index is -4.46. The van der Waals surface area contributed by atoms with E-state index in [1.54, 1.807) is 4.90 Å². The minimum absolute atomic E-state index is 0.0499. The van der Waals surface area contributed by atoms with Crippen LogP contribution in [0.5, 0.6) is 0 Å². The lowest BCUT2D eigenvalue weighted by atomic mass is 10.1. The molecule has 1 saturated heterocycles. The van der Waals surface area contributed by atoms with Crippen molar-refractivity contribution in [3.8, 4) is 0 Å². The van der Waals surface area contributed by atoms with Gasteiger partial charge in [-0.15, -0.1) is 0 Å². The van der Waals surface area contributed by atoms with E-state index in [1.165, 1.54) is 12.1 Å². The van der Waals surface area contributed by atoms with Gasteiger partial charge in [0, 0.05) is 24.7 Å². The summed E-state index contributed by atoms with van der Waals surface area (Å²) in [5.41, 5.74) is -0.738. The summed E-state index contributed by atoms with van der Waals surface area (Å²) in [6.07, 6.45) is -3.58. The number of anilines is 1. The lowest BCUT2D eigenvalue weighted by molar-refractivity contribution is -0.137. The van der Waals surface area contributed by atoms with E-state index in [4.69, 9.17) is 0 Å². The summed E-state index contributed by atoms with van der Waals surface area (Å²) in [5, 5.41) is 2.48. The highest BCUT2D eigenvalue weighted by atomic mass is 19.4. The average molecular weight is 328 g/mol. The second-order valence-electron chi connectivity index (χ2n) is 5.77. The quantitative estimate of drug-likeness (QED) is 0.922. The van der Waals surface area contributed by atoms with Crippen molar-refractivity contribution in [2.75, 3.05) is 11.9 Å². The molecule has 126 valence electrons. The number of carbonyl (C=O) groups excluding carboxylic acids is 2. The fraction of sp³-hybridized carbons (Fsp3) is 0.500. The Morgan fingerprint density at radius 3 is 2.74 bits per heavy atom. The molecule has 23 heavy (non-hydrogen) atoms. The number of nitrogens with zero attached hydrogens (tertiary/aromatic N) is 1. The van der Waals surface area contributed by atoms with Crippen LogP contribution in [-0.2, 0) is 15.8 Å². The maximum atomic E-state index is 12.7. The Kier molecular flexibility index (Phi) is 4.97. The van der Waals surface area contributed by atoms with Gasteiger partial charge in [0.05, 0.1) is 11.5 Å². The van der Waals surface area contributed by atoms with Crippen molar-refractivity contribution >= 4 is 17.5 Å². The Bertz CT molecular complexity index is 601. The maximum absolute atomic E-state index is 12.7. The molecule has 2 atom stereocenters. The zero-order valence-corrected chi connectivity index (χ0v) is 13.0. The van der Waals surface area contributed by atoms with Gasteiger partial charge in [0.15, 0.2) is 0 Å². The Morgan fingerprint density at radius 1 is 1.43 bits per heavy atom. The van der Waals surface area contributed by atoms with Gasteiger partial charge in [-0.1, -0.05) is 13.0 Å². The summed E-state index contributed by atoms with van der Waals surface area (Å²) in [5.74, 6) is -1.06. The number of halogens is 3. The number of likely N-dealkylation sites (tertiary alicyclic amines) is 1. The molecule has 0 spiro atoms. The number of carbonyl (C=O) groups is 2. The van der Waals surface area contributed by atoms with Crippen molar-refractivity contribution in [3.05, 3.63) is 29.8 Å². The third-order valence-corrected chi connectivity index (χ3v) is 4.11. The van der Waals surface area contributed by atoms with Crippen LogP contribution in [0.3, 0.4) is 0 Å². The van der Waals surface area contributed by atoms with Gasteiger partial charge in [-0.05, 0) is 31.5 Å². The molecule has 0 bridgehead atoms. The molecule has 1 fully saturated rings. The molecule has 1 aliphatic heterocycles. The summed E-state index contributed by atoms with van der Waals surface area (Å²) in [4.78, 5) is 25.8. The van der Waals surface area contributed by atoms with Crippen LogP contribution in [0, 0.1) is 5.92 Å². The Labute approximate surface area is 132 Å².